The molecule has 0 spiro atoms. The van der Waals surface area contributed by atoms with Crippen LogP contribution in [0, 0.1) is 0 Å². The number of aromatic nitrogens is 1. The molecule has 0 unspecified atom stereocenters. The molecule has 1 aliphatic heterocycles. The highest BCUT2D eigenvalue weighted by Gasteiger charge is 2.26. The number of aromatic carboxylic acids is 1. The Kier molecular flexibility index (Phi) is 4.03. The molecule has 124 valence electrons. The van der Waals surface area contributed by atoms with Crippen molar-refractivity contribution in [3.05, 3.63) is 23.6 Å². The highest BCUT2D eigenvalue weighted by Crippen LogP contribution is 2.22. The number of hydrogen-bond acceptors (Lipinski definition) is 4. The molecule has 1 aliphatic rings. The van der Waals surface area contributed by atoms with Crippen LogP contribution in [0.4, 0.5) is 8.78 Å². The molecule has 0 saturated carbocycles. The molecule has 0 bridgehead atoms. The summed E-state index contributed by atoms with van der Waals surface area (Å²) in [5.41, 5.74) is 0.740. The number of nitrogens with one attached hydrogen (secondary N) is 1. The lowest BCUT2D eigenvalue weighted by atomic mass is 10.2. The van der Waals surface area contributed by atoms with Crippen molar-refractivity contribution in [2.45, 2.75) is 6.43 Å². The van der Waals surface area contributed by atoms with E-state index < -0.39 is 12.4 Å². The molecule has 0 atom stereocenters. The van der Waals surface area contributed by atoms with E-state index in [1.54, 1.807) is 9.80 Å². The lowest BCUT2D eigenvalue weighted by Gasteiger charge is -2.34. The molecule has 2 N–H and O–H groups in total. The molecule has 1 amide bonds. The van der Waals surface area contributed by atoms with Crippen molar-refractivity contribution in [3.63, 3.8) is 0 Å². The number of H-pyrrole nitrogens is 1. The van der Waals surface area contributed by atoms with E-state index in [9.17, 15) is 18.4 Å². The van der Waals surface area contributed by atoms with Gasteiger partial charge in [0.25, 0.3) is 12.3 Å². The standard InChI is InChI=1S/C14H15F2N3O4/c15-11(16)6-18-1-3-19(4-2-18)13(20)9-5-10-12(17-9)8(7-23-10)14(21)22/h5,7,11,17H,1-4,6H2,(H,21,22). The van der Waals surface area contributed by atoms with Crippen LogP contribution in [0.1, 0.15) is 20.8 Å². The number of carbonyl (C=O) groups is 2. The number of fused-ring (bicyclic) bond motifs is 1. The highest BCUT2D eigenvalue weighted by molar-refractivity contribution is 6.04. The van der Waals surface area contributed by atoms with Crippen LogP contribution in [-0.2, 0) is 0 Å². The summed E-state index contributed by atoms with van der Waals surface area (Å²) in [6.07, 6.45) is -1.28. The first kappa shape index (κ1) is 15.5. The smallest absolute Gasteiger partial charge is 0.341 e. The lowest BCUT2D eigenvalue weighted by Crippen LogP contribution is -2.49. The second-order valence-corrected chi connectivity index (χ2v) is 5.36. The maximum Gasteiger partial charge on any atom is 0.341 e. The van der Waals surface area contributed by atoms with Crippen molar-refractivity contribution in [2.75, 3.05) is 32.7 Å². The first-order valence-corrected chi connectivity index (χ1v) is 7.09. The number of aromatic amines is 1. The molecule has 0 aromatic carbocycles. The summed E-state index contributed by atoms with van der Waals surface area (Å²) in [5, 5.41) is 9.03. The van der Waals surface area contributed by atoms with E-state index in [0.29, 0.717) is 31.8 Å². The molecule has 1 saturated heterocycles. The molecule has 0 radical (unpaired) electrons. The molecule has 2 aromatic rings. The SMILES string of the molecule is O=C(O)c1coc2cc(C(=O)N3CCN(CC(F)F)CC3)[nH]c12. The van der Waals surface area contributed by atoms with Gasteiger partial charge in [-0.1, -0.05) is 0 Å². The Morgan fingerprint density at radius 1 is 1.30 bits per heavy atom. The van der Waals surface area contributed by atoms with Crippen LogP contribution in [-0.4, -0.2) is 70.9 Å². The summed E-state index contributed by atoms with van der Waals surface area (Å²) >= 11 is 0. The minimum atomic E-state index is -2.39. The second-order valence-electron chi connectivity index (χ2n) is 5.36. The number of carbonyl (C=O) groups excluding carboxylic acids is 1. The van der Waals surface area contributed by atoms with Gasteiger partial charge in [-0.05, 0) is 0 Å². The van der Waals surface area contributed by atoms with E-state index >= 15 is 0 Å². The van der Waals surface area contributed by atoms with Crippen LogP contribution in [0.25, 0.3) is 11.1 Å². The maximum absolute atomic E-state index is 12.4. The van der Waals surface area contributed by atoms with Crippen LogP contribution in [0.3, 0.4) is 0 Å². The number of amides is 1. The van der Waals surface area contributed by atoms with E-state index in [1.165, 1.54) is 6.07 Å². The fourth-order valence-electron chi connectivity index (χ4n) is 2.68. The van der Waals surface area contributed by atoms with Crippen LogP contribution >= 0.6 is 0 Å². The van der Waals surface area contributed by atoms with Crippen molar-refractivity contribution >= 4 is 23.0 Å². The molecule has 9 heteroatoms. The van der Waals surface area contributed by atoms with E-state index in [1.807, 2.05) is 0 Å². The molecular weight excluding hydrogens is 312 g/mol. The summed E-state index contributed by atoms with van der Waals surface area (Å²) in [7, 11) is 0. The van der Waals surface area contributed by atoms with E-state index in [0.717, 1.165) is 6.26 Å². The fourth-order valence-corrected chi connectivity index (χ4v) is 2.68. The summed E-state index contributed by atoms with van der Waals surface area (Å²) in [4.78, 5) is 29.4. The average molecular weight is 327 g/mol. The number of alkyl halides is 2. The van der Waals surface area contributed by atoms with Crippen molar-refractivity contribution in [2.24, 2.45) is 0 Å². The fraction of sp³-hybridized carbons (Fsp3) is 0.429. The summed E-state index contributed by atoms with van der Waals surface area (Å²) in [5.74, 6) is -1.45. The number of furan rings is 1. The van der Waals surface area contributed by atoms with Gasteiger partial charge in [0.05, 0.1) is 12.1 Å². The molecule has 3 rings (SSSR count). The van der Waals surface area contributed by atoms with Crippen LogP contribution in [0.2, 0.25) is 0 Å². The highest BCUT2D eigenvalue weighted by atomic mass is 19.3. The predicted molar refractivity (Wildman–Crippen MR) is 75.9 cm³/mol. The quantitative estimate of drug-likeness (QED) is 0.888. The third-order valence-electron chi connectivity index (χ3n) is 3.87. The van der Waals surface area contributed by atoms with Crippen molar-refractivity contribution in [1.82, 2.24) is 14.8 Å². The predicted octanol–water partition coefficient (Wildman–Crippen LogP) is 1.48. The van der Waals surface area contributed by atoms with Gasteiger partial charge < -0.3 is 19.4 Å². The Bertz CT molecular complexity index is 732. The van der Waals surface area contributed by atoms with Crippen LogP contribution < -0.4 is 0 Å². The van der Waals surface area contributed by atoms with Gasteiger partial charge in [0, 0.05) is 32.2 Å². The zero-order chi connectivity index (χ0) is 16.6. The molecular formula is C14H15F2N3O4. The number of carboxylic acid groups (broad SMARTS) is 1. The van der Waals surface area contributed by atoms with Crippen molar-refractivity contribution < 1.29 is 27.9 Å². The van der Waals surface area contributed by atoms with Gasteiger partial charge in [-0.3, -0.25) is 9.69 Å². The van der Waals surface area contributed by atoms with Gasteiger partial charge in [0.1, 0.15) is 17.5 Å². The Hall–Kier alpha value is -2.42. The number of hydrogen-bond donors (Lipinski definition) is 2. The molecule has 3 heterocycles. The Labute approximate surface area is 129 Å². The van der Waals surface area contributed by atoms with E-state index in [-0.39, 0.29) is 29.2 Å². The van der Waals surface area contributed by atoms with Gasteiger partial charge in [0.2, 0.25) is 0 Å². The number of carboxylic acids is 1. The van der Waals surface area contributed by atoms with Crippen LogP contribution in [0.5, 0.6) is 0 Å². The van der Waals surface area contributed by atoms with Gasteiger partial charge in [-0.15, -0.1) is 0 Å². The van der Waals surface area contributed by atoms with Gasteiger partial charge in [-0.2, -0.15) is 0 Å². The monoisotopic (exact) mass is 327 g/mol. The molecule has 7 nitrogen and oxygen atoms in total. The topological polar surface area (TPSA) is 89.8 Å². The second kappa shape index (κ2) is 5.99. The summed E-state index contributed by atoms with van der Waals surface area (Å²) in [6.45, 7) is 1.16. The normalized spacial score (nSPS) is 16.4. The van der Waals surface area contributed by atoms with E-state index in [2.05, 4.69) is 4.98 Å². The molecule has 0 aliphatic carbocycles. The average Bonchev–Trinajstić information content (AvgIpc) is 3.06. The Morgan fingerprint density at radius 2 is 2.00 bits per heavy atom. The largest absolute Gasteiger partial charge is 0.477 e. The third-order valence-corrected chi connectivity index (χ3v) is 3.87. The Morgan fingerprint density at radius 3 is 2.61 bits per heavy atom. The maximum atomic E-state index is 12.4. The molecule has 23 heavy (non-hydrogen) atoms. The number of rotatable bonds is 4. The van der Waals surface area contributed by atoms with E-state index in [4.69, 9.17) is 9.52 Å². The number of piperazine rings is 1. The first-order chi connectivity index (χ1) is 11.0. The minimum absolute atomic E-state index is 0.0409. The molecule has 2 aromatic heterocycles. The lowest BCUT2D eigenvalue weighted by molar-refractivity contribution is 0.0455. The first-order valence-electron chi connectivity index (χ1n) is 7.09. The number of nitrogens with zero attached hydrogens (tertiary/aromatic N) is 2. The minimum Gasteiger partial charge on any atom is -0.477 e. The zero-order valence-electron chi connectivity index (χ0n) is 12.1. The summed E-state index contributed by atoms with van der Waals surface area (Å²) < 4.78 is 29.8. The van der Waals surface area contributed by atoms with Crippen molar-refractivity contribution in [3.8, 4) is 0 Å². The van der Waals surface area contributed by atoms with Gasteiger partial charge in [0.15, 0.2) is 5.58 Å². The van der Waals surface area contributed by atoms with Gasteiger partial charge in [-0.25, -0.2) is 13.6 Å². The molecule has 1 fully saturated rings. The van der Waals surface area contributed by atoms with Crippen LogP contribution in [0.15, 0.2) is 16.7 Å². The summed E-state index contributed by atoms with van der Waals surface area (Å²) in [6, 6.07) is 1.45. The van der Waals surface area contributed by atoms with Gasteiger partial charge >= 0.3 is 5.97 Å². The zero-order valence-corrected chi connectivity index (χ0v) is 12.1. The van der Waals surface area contributed by atoms with Crippen molar-refractivity contribution in [1.29, 1.82) is 0 Å². The third kappa shape index (κ3) is 3.04. The number of halogens is 2. The Balaban J connectivity index is 1.70.